The van der Waals surface area contributed by atoms with E-state index in [9.17, 15) is 4.21 Å². The van der Waals surface area contributed by atoms with E-state index in [0.717, 1.165) is 4.90 Å². The maximum Gasteiger partial charge on any atom is 0.0586 e. The summed E-state index contributed by atoms with van der Waals surface area (Å²) >= 11 is 0. The van der Waals surface area contributed by atoms with Crippen LogP contribution in [0.3, 0.4) is 0 Å². The van der Waals surface area contributed by atoms with Crippen molar-refractivity contribution in [1.82, 2.24) is 0 Å². The van der Waals surface area contributed by atoms with Crippen molar-refractivity contribution >= 4 is 21.6 Å². The van der Waals surface area contributed by atoms with Crippen molar-refractivity contribution in [2.75, 3.05) is 0 Å². The van der Waals surface area contributed by atoms with Crippen LogP contribution in [-0.2, 0) is 10.8 Å². The Hall–Kier alpha value is -1.15. The van der Waals surface area contributed by atoms with Gasteiger partial charge in [-0.3, -0.25) is 4.21 Å². The molecule has 0 aliphatic heterocycles. The molecule has 0 aliphatic rings. The lowest BCUT2D eigenvalue weighted by atomic mass is 9.96. The van der Waals surface area contributed by atoms with Gasteiger partial charge in [-0.1, -0.05) is 44.2 Å². The van der Waals surface area contributed by atoms with Crippen LogP contribution in [0.4, 0.5) is 0 Å². The largest absolute Gasteiger partial charge is 0.254 e. The molecular weight excluding hydrogens is 252 g/mol. The maximum absolute atomic E-state index is 12.7. The van der Waals surface area contributed by atoms with Crippen LogP contribution in [0.15, 0.2) is 41.3 Å². The van der Waals surface area contributed by atoms with Crippen LogP contribution in [0, 0.1) is 0 Å². The van der Waals surface area contributed by atoms with Crippen LogP contribution in [0.5, 0.6) is 0 Å². The highest BCUT2D eigenvalue weighted by Gasteiger charge is 2.25. The molecule has 1 unspecified atom stereocenters. The van der Waals surface area contributed by atoms with Crippen molar-refractivity contribution in [3.63, 3.8) is 0 Å². The molecule has 2 heteroatoms. The van der Waals surface area contributed by atoms with Crippen LogP contribution in [-0.4, -0.2) is 8.96 Å². The minimum Gasteiger partial charge on any atom is -0.254 e. The molecule has 0 aromatic heterocycles. The van der Waals surface area contributed by atoms with Crippen LogP contribution >= 0.6 is 0 Å². The van der Waals surface area contributed by atoms with Crippen molar-refractivity contribution in [3.8, 4) is 0 Å². The van der Waals surface area contributed by atoms with Gasteiger partial charge in [0.15, 0.2) is 0 Å². The topological polar surface area (TPSA) is 17.1 Å². The van der Waals surface area contributed by atoms with E-state index >= 15 is 0 Å². The smallest absolute Gasteiger partial charge is 0.0586 e. The van der Waals surface area contributed by atoms with Crippen molar-refractivity contribution in [3.05, 3.63) is 42.0 Å². The molecule has 102 valence electrons. The first-order valence-corrected chi connectivity index (χ1v) is 7.91. The van der Waals surface area contributed by atoms with Crippen molar-refractivity contribution < 1.29 is 4.21 Å². The lowest BCUT2D eigenvalue weighted by molar-refractivity contribution is 0.646. The van der Waals surface area contributed by atoms with Gasteiger partial charge in [0.05, 0.1) is 10.8 Å². The predicted octanol–water partition coefficient (Wildman–Crippen LogP) is 4.87. The average molecular weight is 274 g/mol. The fourth-order valence-corrected chi connectivity index (χ4v) is 3.76. The molecule has 0 saturated heterocycles. The maximum atomic E-state index is 12.7. The molecule has 1 atom stereocenters. The van der Waals surface area contributed by atoms with E-state index in [2.05, 4.69) is 38.1 Å². The molecule has 0 heterocycles. The molecule has 2 rings (SSSR count). The van der Waals surface area contributed by atoms with E-state index in [1.165, 1.54) is 16.3 Å². The first-order chi connectivity index (χ1) is 8.82. The molecular formula is C17H22OS. The highest BCUT2D eigenvalue weighted by molar-refractivity contribution is 7.86. The molecule has 19 heavy (non-hydrogen) atoms. The molecule has 1 nitrogen and oxygen atoms in total. The average Bonchev–Trinajstić information content (AvgIpc) is 2.35. The van der Waals surface area contributed by atoms with Crippen LogP contribution in [0.1, 0.15) is 46.1 Å². The van der Waals surface area contributed by atoms with E-state index in [0.29, 0.717) is 5.92 Å². The van der Waals surface area contributed by atoms with Crippen LogP contribution in [0.25, 0.3) is 10.8 Å². The summed E-state index contributed by atoms with van der Waals surface area (Å²) in [5.41, 5.74) is 1.23. The Morgan fingerprint density at radius 1 is 1.00 bits per heavy atom. The third-order valence-electron chi connectivity index (χ3n) is 3.26. The molecule has 0 aliphatic carbocycles. The summed E-state index contributed by atoms with van der Waals surface area (Å²) in [6.45, 7) is 10.4. The Balaban J connectivity index is 2.75. The third kappa shape index (κ3) is 2.74. The molecule has 0 amide bonds. The van der Waals surface area contributed by atoms with Crippen molar-refractivity contribution in [2.24, 2.45) is 0 Å². The van der Waals surface area contributed by atoms with E-state index < -0.39 is 10.8 Å². The quantitative estimate of drug-likeness (QED) is 0.763. The molecule has 0 N–H and O–H groups in total. The lowest BCUT2D eigenvalue weighted by Gasteiger charge is -2.22. The molecule has 2 aromatic carbocycles. The third-order valence-corrected chi connectivity index (χ3v) is 5.13. The second-order valence-electron chi connectivity index (χ2n) is 6.23. The summed E-state index contributed by atoms with van der Waals surface area (Å²) in [4.78, 5) is 0.987. The minimum absolute atomic E-state index is 0.230. The van der Waals surface area contributed by atoms with Gasteiger partial charge in [-0.05, 0) is 49.1 Å². The Labute approximate surface area is 118 Å². The molecule has 2 aromatic rings. The molecule has 0 spiro atoms. The number of fused-ring (bicyclic) bond motifs is 1. The Kier molecular flexibility index (Phi) is 3.82. The van der Waals surface area contributed by atoms with Gasteiger partial charge >= 0.3 is 0 Å². The fourth-order valence-electron chi connectivity index (χ4n) is 2.36. The van der Waals surface area contributed by atoms with Gasteiger partial charge in [0.1, 0.15) is 0 Å². The summed E-state index contributed by atoms with van der Waals surface area (Å²) < 4.78 is 12.5. The first kappa shape index (κ1) is 14.3. The van der Waals surface area contributed by atoms with Crippen molar-refractivity contribution in [1.29, 1.82) is 0 Å². The Bertz CT molecular complexity index is 621. The van der Waals surface area contributed by atoms with Crippen LogP contribution in [0.2, 0.25) is 0 Å². The zero-order chi connectivity index (χ0) is 14.2. The monoisotopic (exact) mass is 274 g/mol. The molecule has 0 bridgehead atoms. The van der Waals surface area contributed by atoms with Gasteiger partial charge in [0.2, 0.25) is 0 Å². The van der Waals surface area contributed by atoms with Gasteiger partial charge < -0.3 is 0 Å². The van der Waals surface area contributed by atoms with Gasteiger partial charge in [-0.25, -0.2) is 0 Å². The number of hydrogen-bond acceptors (Lipinski definition) is 1. The summed E-state index contributed by atoms with van der Waals surface area (Å²) in [5, 5.41) is 2.45. The fraction of sp³-hybridized carbons (Fsp3) is 0.412. The Morgan fingerprint density at radius 3 is 2.21 bits per heavy atom. The summed E-state index contributed by atoms with van der Waals surface area (Å²) in [7, 11) is -0.989. The lowest BCUT2D eigenvalue weighted by Crippen LogP contribution is -2.23. The number of benzene rings is 2. The predicted molar refractivity (Wildman–Crippen MR) is 84.2 cm³/mol. The van der Waals surface area contributed by atoms with E-state index in [1.54, 1.807) is 0 Å². The summed E-state index contributed by atoms with van der Waals surface area (Å²) in [5.74, 6) is 0.368. The van der Waals surface area contributed by atoms with Gasteiger partial charge in [0, 0.05) is 9.64 Å². The van der Waals surface area contributed by atoms with E-state index in [4.69, 9.17) is 0 Å². The van der Waals surface area contributed by atoms with E-state index in [-0.39, 0.29) is 4.75 Å². The highest BCUT2D eigenvalue weighted by Crippen LogP contribution is 2.33. The Morgan fingerprint density at radius 2 is 1.63 bits per heavy atom. The zero-order valence-corrected chi connectivity index (χ0v) is 13.2. The van der Waals surface area contributed by atoms with Gasteiger partial charge in [0.25, 0.3) is 0 Å². The molecule has 0 fully saturated rings. The summed E-state index contributed by atoms with van der Waals surface area (Å²) in [6.07, 6.45) is 0. The molecule has 0 radical (unpaired) electrons. The SMILES string of the molecule is CC(C)c1c(S(=O)C(C)(C)C)ccc2ccccc12. The molecule has 0 saturated carbocycles. The van der Waals surface area contributed by atoms with Crippen molar-refractivity contribution in [2.45, 2.75) is 50.2 Å². The first-order valence-electron chi connectivity index (χ1n) is 6.76. The standard InChI is InChI=1S/C17H22OS/c1-12(2)16-14-9-7-6-8-13(14)10-11-15(16)19(18)17(3,4)5/h6-12H,1-5H3. The zero-order valence-electron chi connectivity index (χ0n) is 12.4. The summed E-state index contributed by atoms with van der Waals surface area (Å²) in [6, 6.07) is 12.5. The minimum atomic E-state index is -0.989. The van der Waals surface area contributed by atoms with Gasteiger partial charge in [-0.2, -0.15) is 0 Å². The number of hydrogen-bond donors (Lipinski definition) is 0. The highest BCUT2D eigenvalue weighted by atomic mass is 32.2. The van der Waals surface area contributed by atoms with Crippen LogP contribution < -0.4 is 0 Å². The van der Waals surface area contributed by atoms with E-state index in [1.807, 2.05) is 32.9 Å². The second-order valence-corrected chi connectivity index (χ2v) is 8.44. The van der Waals surface area contributed by atoms with Gasteiger partial charge in [-0.15, -0.1) is 0 Å². The normalized spacial score (nSPS) is 14.0. The number of rotatable bonds is 2. The second kappa shape index (κ2) is 5.09.